The number of carbonyl (C=O) groups excluding carboxylic acids is 1. The van der Waals surface area contributed by atoms with Crippen LogP contribution in [0.5, 0.6) is 28.7 Å². The van der Waals surface area contributed by atoms with E-state index in [4.69, 9.17) is 23.7 Å². The van der Waals surface area contributed by atoms with Gasteiger partial charge < -0.3 is 29.0 Å². The second-order valence-electron chi connectivity index (χ2n) is 7.08. The predicted molar refractivity (Wildman–Crippen MR) is 113 cm³/mol. The Labute approximate surface area is 177 Å². The first-order chi connectivity index (χ1) is 14.5. The molecule has 1 N–H and O–H groups in total. The van der Waals surface area contributed by atoms with Gasteiger partial charge in [-0.05, 0) is 32.0 Å². The van der Waals surface area contributed by atoms with E-state index >= 15 is 0 Å². The van der Waals surface area contributed by atoms with Gasteiger partial charge in [-0.15, -0.1) is 0 Å². The van der Waals surface area contributed by atoms with Crippen LogP contribution >= 0.6 is 0 Å². The number of methoxy groups -OCH3 is 3. The standard InChI is InChI=1S/C23H29NO6/c1-6-29-19-10-16-9-14(2)30-20(16)11-17(19)13-24-21(25)12-15-7-8-18(26-3)23(28-5)22(15)27-4/h7-8,10-11,14H,6,9,12-13H2,1-5H3,(H,24,25). The Balaban J connectivity index is 1.73. The Morgan fingerprint density at radius 2 is 1.83 bits per heavy atom. The SMILES string of the molecule is CCOc1cc2c(cc1CNC(=O)Cc1ccc(OC)c(OC)c1OC)OC(C)C2. The Bertz CT molecular complexity index is 911. The van der Waals surface area contributed by atoms with Crippen LogP contribution in [0.25, 0.3) is 0 Å². The van der Waals surface area contributed by atoms with Crippen LogP contribution in [-0.2, 0) is 24.2 Å². The van der Waals surface area contributed by atoms with Gasteiger partial charge in [0.05, 0.1) is 34.4 Å². The molecule has 1 aliphatic heterocycles. The monoisotopic (exact) mass is 415 g/mol. The number of rotatable bonds is 9. The van der Waals surface area contributed by atoms with E-state index in [1.165, 1.54) is 7.11 Å². The third kappa shape index (κ3) is 4.56. The molecule has 2 aromatic rings. The molecule has 7 nitrogen and oxygen atoms in total. The summed E-state index contributed by atoms with van der Waals surface area (Å²) in [6, 6.07) is 7.54. The van der Waals surface area contributed by atoms with Crippen molar-refractivity contribution < 1.29 is 28.5 Å². The van der Waals surface area contributed by atoms with E-state index in [2.05, 4.69) is 5.32 Å². The van der Waals surface area contributed by atoms with Crippen LogP contribution < -0.4 is 29.0 Å². The summed E-state index contributed by atoms with van der Waals surface area (Å²) in [4.78, 5) is 12.7. The van der Waals surface area contributed by atoms with E-state index < -0.39 is 0 Å². The smallest absolute Gasteiger partial charge is 0.224 e. The topological polar surface area (TPSA) is 75.3 Å². The highest BCUT2D eigenvalue weighted by atomic mass is 16.5. The number of nitrogens with one attached hydrogen (secondary N) is 1. The van der Waals surface area contributed by atoms with Crippen molar-refractivity contribution in [1.82, 2.24) is 5.32 Å². The molecule has 0 bridgehead atoms. The van der Waals surface area contributed by atoms with E-state index in [1.807, 2.05) is 26.0 Å². The second kappa shape index (κ2) is 9.61. The van der Waals surface area contributed by atoms with Gasteiger partial charge in [-0.2, -0.15) is 0 Å². The van der Waals surface area contributed by atoms with Gasteiger partial charge in [0, 0.05) is 29.7 Å². The highest BCUT2D eigenvalue weighted by molar-refractivity contribution is 5.80. The van der Waals surface area contributed by atoms with Crippen molar-refractivity contribution in [3.8, 4) is 28.7 Å². The van der Waals surface area contributed by atoms with Crippen molar-refractivity contribution >= 4 is 5.91 Å². The molecule has 1 unspecified atom stereocenters. The normalized spacial score (nSPS) is 14.5. The van der Waals surface area contributed by atoms with Crippen LogP contribution in [0.1, 0.15) is 30.5 Å². The number of carbonyl (C=O) groups is 1. The van der Waals surface area contributed by atoms with Crippen molar-refractivity contribution in [2.45, 2.75) is 39.3 Å². The van der Waals surface area contributed by atoms with Crippen molar-refractivity contribution in [2.24, 2.45) is 0 Å². The van der Waals surface area contributed by atoms with Gasteiger partial charge in [0.1, 0.15) is 17.6 Å². The first-order valence-electron chi connectivity index (χ1n) is 10.00. The summed E-state index contributed by atoms with van der Waals surface area (Å²) in [5.74, 6) is 3.00. The van der Waals surface area contributed by atoms with Crippen LogP contribution in [0.4, 0.5) is 0 Å². The van der Waals surface area contributed by atoms with E-state index in [0.29, 0.717) is 36.0 Å². The number of amides is 1. The van der Waals surface area contributed by atoms with Crippen LogP contribution in [0.15, 0.2) is 24.3 Å². The fraction of sp³-hybridized carbons (Fsp3) is 0.435. The molecule has 3 rings (SSSR count). The summed E-state index contributed by atoms with van der Waals surface area (Å²) in [7, 11) is 4.63. The minimum absolute atomic E-state index is 0.141. The molecule has 0 spiro atoms. The fourth-order valence-corrected chi connectivity index (χ4v) is 3.64. The molecular weight excluding hydrogens is 386 g/mol. The average Bonchev–Trinajstić information content (AvgIpc) is 3.10. The van der Waals surface area contributed by atoms with Gasteiger partial charge in [-0.25, -0.2) is 0 Å². The average molecular weight is 415 g/mol. The van der Waals surface area contributed by atoms with Gasteiger partial charge in [-0.3, -0.25) is 4.79 Å². The summed E-state index contributed by atoms with van der Waals surface area (Å²) in [6.45, 7) is 4.88. The maximum Gasteiger partial charge on any atom is 0.224 e. The zero-order chi connectivity index (χ0) is 21.7. The predicted octanol–water partition coefficient (Wildman–Crippen LogP) is 3.29. The molecule has 7 heteroatoms. The van der Waals surface area contributed by atoms with Crippen molar-refractivity contribution in [3.05, 3.63) is 41.0 Å². The van der Waals surface area contributed by atoms with E-state index in [0.717, 1.165) is 29.0 Å². The maximum absolute atomic E-state index is 12.7. The third-order valence-electron chi connectivity index (χ3n) is 4.99. The molecule has 1 amide bonds. The van der Waals surface area contributed by atoms with Gasteiger partial charge in [0.15, 0.2) is 11.5 Å². The van der Waals surface area contributed by atoms with Crippen LogP contribution in [-0.4, -0.2) is 39.9 Å². The molecule has 0 radical (unpaired) electrons. The lowest BCUT2D eigenvalue weighted by atomic mass is 10.1. The summed E-state index contributed by atoms with van der Waals surface area (Å²) in [5.41, 5.74) is 2.73. The van der Waals surface area contributed by atoms with Gasteiger partial charge in [0.25, 0.3) is 0 Å². The number of hydrogen-bond donors (Lipinski definition) is 1. The molecule has 1 atom stereocenters. The van der Waals surface area contributed by atoms with Gasteiger partial charge >= 0.3 is 0 Å². The molecule has 162 valence electrons. The lowest BCUT2D eigenvalue weighted by Gasteiger charge is -2.16. The molecule has 30 heavy (non-hydrogen) atoms. The molecule has 0 saturated heterocycles. The zero-order valence-electron chi connectivity index (χ0n) is 18.2. The highest BCUT2D eigenvalue weighted by Gasteiger charge is 2.22. The fourth-order valence-electron chi connectivity index (χ4n) is 3.64. The maximum atomic E-state index is 12.7. The van der Waals surface area contributed by atoms with E-state index in [1.54, 1.807) is 26.4 Å². The first-order valence-corrected chi connectivity index (χ1v) is 10.00. The molecule has 0 saturated carbocycles. The molecule has 0 aromatic heterocycles. The number of ether oxygens (including phenoxy) is 5. The van der Waals surface area contributed by atoms with Crippen LogP contribution in [0.2, 0.25) is 0 Å². The zero-order valence-corrected chi connectivity index (χ0v) is 18.2. The van der Waals surface area contributed by atoms with Crippen LogP contribution in [0, 0.1) is 0 Å². The Hall–Kier alpha value is -3.09. The second-order valence-corrected chi connectivity index (χ2v) is 7.08. The molecular formula is C23H29NO6. The molecule has 2 aromatic carbocycles. The largest absolute Gasteiger partial charge is 0.494 e. The van der Waals surface area contributed by atoms with Crippen LogP contribution in [0.3, 0.4) is 0 Å². The van der Waals surface area contributed by atoms with Gasteiger partial charge in [-0.1, -0.05) is 6.07 Å². The summed E-state index contributed by atoms with van der Waals surface area (Å²) in [6.07, 6.45) is 1.16. The lowest BCUT2D eigenvalue weighted by Crippen LogP contribution is -2.25. The van der Waals surface area contributed by atoms with E-state index in [9.17, 15) is 4.79 Å². The summed E-state index contributed by atoms with van der Waals surface area (Å²) >= 11 is 0. The van der Waals surface area contributed by atoms with E-state index in [-0.39, 0.29) is 18.4 Å². The quantitative estimate of drug-likeness (QED) is 0.677. The Kier molecular flexibility index (Phi) is 6.92. The van der Waals surface area contributed by atoms with Gasteiger partial charge in [0.2, 0.25) is 11.7 Å². The summed E-state index contributed by atoms with van der Waals surface area (Å²) < 4.78 is 27.8. The minimum atomic E-state index is -0.141. The first kappa shape index (κ1) is 21.6. The molecule has 1 aliphatic rings. The van der Waals surface area contributed by atoms with Crippen molar-refractivity contribution in [1.29, 1.82) is 0 Å². The van der Waals surface area contributed by atoms with Crippen molar-refractivity contribution in [3.63, 3.8) is 0 Å². The number of benzene rings is 2. The third-order valence-corrected chi connectivity index (χ3v) is 4.99. The summed E-state index contributed by atoms with van der Waals surface area (Å²) in [5, 5.41) is 2.96. The lowest BCUT2D eigenvalue weighted by molar-refractivity contribution is -0.120. The minimum Gasteiger partial charge on any atom is -0.494 e. The molecule has 0 aliphatic carbocycles. The highest BCUT2D eigenvalue weighted by Crippen LogP contribution is 2.40. The molecule has 1 heterocycles. The number of hydrogen-bond acceptors (Lipinski definition) is 6. The number of fused-ring (bicyclic) bond motifs is 1. The Morgan fingerprint density at radius 3 is 2.50 bits per heavy atom. The molecule has 0 fully saturated rings. The Morgan fingerprint density at radius 1 is 1.07 bits per heavy atom. The van der Waals surface area contributed by atoms with Crippen molar-refractivity contribution in [2.75, 3.05) is 27.9 Å².